The molecule has 1 aromatic heterocycles. The van der Waals surface area contributed by atoms with Gasteiger partial charge in [-0.2, -0.15) is 0 Å². The molecule has 1 aromatic carbocycles. The van der Waals surface area contributed by atoms with Gasteiger partial charge in [-0.3, -0.25) is 19.4 Å². The van der Waals surface area contributed by atoms with Gasteiger partial charge in [-0.1, -0.05) is 18.6 Å². The Kier molecular flexibility index (Phi) is 5.21. The molecule has 3 rings (SSSR count). The lowest BCUT2D eigenvalue weighted by atomic mass is 9.68. The third kappa shape index (κ3) is 3.81. The molecule has 1 aliphatic rings. The minimum Gasteiger partial charge on any atom is -0.480 e. The van der Waals surface area contributed by atoms with Crippen molar-refractivity contribution in [2.45, 2.75) is 32.2 Å². The van der Waals surface area contributed by atoms with Gasteiger partial charge in [0.25, 0.3) is 5.91 Å². The molecule has 0 radical (unpaired) electrons. The normalized spacial score (nSPS) is 15.9. The number of benzene rings is 1. The Hall–Kier alpha value is -3.22. The van der Waals surface area contributed by atoms with E-state index in [1.807, 2.05) is 0 Å². The van der Waals surface area contributed by atoms with E-state index in [1.165, 1.54) is 0 Å². The van der Waals surface area contributed by atoms with E-state index in [9.17, 15) is 19.5 Å². The first-order valence-corrected chi connectivity index (χ1v) is 8.78. The van der Waals surface area contributed by atoms with Crippen LogP contribution in [0.3, 0.4) is 0 Å². The molecule has 1 saturated carbocycles. The maximum absolute atomic E-state index is 12.4. The summed E-state index contributed by atoms with van der Waals surface area (Å²) in [5.74, 6) is -1.74. The van der Waals surface area contributed by atoms with Gasteiger partial charge < -0.3 is 15.7 Å². The van der Waals surface area contributed by atoms with E-state index in [4.69, 9.17) is 0 Å². The monoisotopic (exact) mass is 367 g/mol. The molecule has 140 valence electrons. The Balaban J connectivity index is 1.62. The third-order valence-corrected chi connectivity index (χ3v) is 5.01. The highest BCUT2D eigenvalue weighted by molar-refractivity contribution is 6.04. The van der Waals surface area contributed by atoms with Gasteiger partial charge in [0, 0.05) is 23.6 Å². The van der Waals surface area contributed by atoms with Gasteiger partial charge in [-0.15, -0.1) is 0 Å². The van der Waals surface area contributed by atoms with Gasteiger partial charge in [-0.05, 0) is 49.6 Å². The van der Waals surface area contributed by atoms with Crippen LogP contribution in [0.2, 0.25) is 0 Å². The summed E-state index contributed by atoms with van der Waals surface area (Å²) in [5.41, 5.74) is 0.673. The van der Waals surface area contributed by atoms with E-state index in [0.717, 1.165) is 12.0 Å². The van der Waals surface area contributed by atoms with Gasteiger partial charge in [0.05, 0.1) is 6.04 Å². The van der Waals surface area contributed by atoms with Crippen molar-refractivity contribution in [2.24, 2.45) is 5.41 Å². The molecule has 1 unspecified atom stereocenters. The Labute approximate surface area is 156 Å². The fourth-order valence-corrected chi connectivity index (χ4v) is 3.05. The molecule has 7 nitrogen and oxygen atoms in total. The summed E-state index contributed by atoms with van der Waals surface area (Å²) in [4.78, 5) is 39.8. The van der Waals surface area contributed by atoms with Crippen molar-refractivity contribution in [3.05, 3.63) is 59.9 Å². The number of hydrogen-bond acceptors (Lipinski definition) is 4. The predicted molar refractivity (Wildman–Crippen MR) is 99.1 cm³/mol. The van der Waals surface area contributed by atoms with Crippen LogP contribution >= 0.6 is 0 Å². The zero-order valence-corrected chi connectivity index (χ0v) is 14.9. The molecule has 3 N–H and O–H groups in total. The molecule has 1 atom stereocenters. The van der Waals surface area contributed by atoms with Crippen LogP contribution in [0.25, 0.3) is 0 Å². The first-order chi connectivity index (χ1) is 12.9. The molecule has 0 spiro atoms. The van der Waals surface area contributed by atoms with E-state index < -0.39 is 17.3 Å². The molecule has 0 bridgehead atoms. The van der Waals surface area contributed by atoms with Crippen molar-refractivity contribution in [2.75, 3.05) is 5.32 Å². The quantitative estimate of drug-likeness (QED) is 0.680. The first kappa shape index (κ1) is 18.6. The van der Waals surface area contributed by atoms with E-state index in [2.05, 4.69) is 15.6 Å². The van der Waals surface area contributed by atoms with Crippen LogP contribution in [0.5, 0.6) is 0 Å². The Morgan fingerprint density at radius 3 is 2.22 bits per heavy atom. The average Bonchev–Trinajstić information content (AvgIpc) is 2.61. The first-order valence-electron chi connectivity index (χ1n) is 8.78. The summed E-state index contributed by atoms with van der Waals surface area (Å²) in [6, 6.07) is 9.99. The average molecular weight is 367 g/mol. The summed E-state index contributed by atoms with van der Waals surface area (Å²) in [5, 5.41) is 14.9. The summed E-state index contributed by atoms with van der Waals surface area (Å²) in [6.07, 6.45) is 4.60. The molecule has 7 heteroatoms. The molecule has 1 fully saturated rings. The summed E-state index contributed by atoms with van der Waals surface area (Å²) in [6.45, 7) is 1.80. The van der Waals surface area contributed by atoms with Crippen LogP contribution < -0.4 is 10.6 Å². The number of carboxylic acids is 1. The number of carbonyl (C=O) groups is 3. The number of nitrogens with zero attached hydrogens (tertiary/aromatic N) is 1. The van der Waals surface area contributed by atoms with E-state index in [0.29, 0.717) is 24.1 Å². The molecule has 2 amide bonds. The fourth-order valence-electron chi connectivity index (χ4n) is 3.05. The van der Waals surface area contributed by atoms with Gasteiger partial charge in [-0.25, -0.2) is 0 Å². The van der Waals surface area contributed by atoms with Gasteiger partial charge in [0.1, 0.15) is 5.41 Å². The molecular formula is C20H21N3O4. The number of rotatable bonds is 6. The van der Waals surface area contributed by atoms with E-state index in [-0.39, 0.29) is 11.9 Å². The minimum atomic E-state index is -1.29. The third-order valence-electron chi connectivity index (χ3n) is 5.01. The lowest BCUT2D eigenvalue weighted by Crippen LogP contribution is -2.51. The number of pyridine rings is 1. The van der Waals surface area contributed by atoms with Crippen molar-refractivity contribution >= 4 is 23.5 Å². The van der Waals surface area contributed by atoms with E-state index in [1.54, 1.807) is 55.7 Å². The van der Waals surface area contributed by atoms with Crippen LogP contribution in [0.4, 0.5) is 5.69 Å². The highest BCUT2D eigenvalue weighted by Gasteiger charge is 2.51. The zero-order valence-electron chi connectivity index (χ0n) is 14.9. The lowest BCUT2D eigenvalue weighted by Gasteiger charge is -2.36. The molecule has 0 saturated heterocycles. The number of amides is 2. The van der Waals surface area contributed by atoms with Crippen molar-refractivity contribution < 1.29 is 19.5 Å². The SMILES string of the molecule is CC(NC(=O)C1(C(=O)O)CCC1)c1ccc(NC(=O)c2ccncc2)cc1. The molecule has 1 heterocycles. The molecule has 2 aromatic rings. The van der Waals surface area contributed by atoms with Crippen molar-refractivity contribution in [1.29, 1.82) is 0 Å². The highest BCUT2D eigenvalue weighted by Crippen LogP contribution is 2.41. The van der Waals surface area contributed by atoms with Crippen molar-refractivity contribution in [3.63, 3.8) is 0 Å². The highest BCUT2D eigenvalue weighted by atomic mass is 16.4. The lowest BCUT2D eigenvalue weighted by molar-refractivity contribution is -0.162. The fraction of sp³-hybridized carbons (Fsp3) is 0.300. The standard InChI is InChI=1S/C20H21N3O4/c1-13(22-18(25)20(19(26)27)9-2-10-20)14-3-5-16(6-4-14)23-17(24)15-7-11-21-12-8-15/h3-8,11-13H,2,9-10H2,1H3,(H,22,25)(H,23,24)(H,26,27). The molecule has 27 heavy (non-hydrogen) atoms. The number of nitrogens with one attached hydrogen (secondary N) is 2. The van der Waals surface area contributed by atoms with Crippen LogP contribution in [0.1, 0.15) is 48.1 Å². The van der Waals surface area contributed by atoms with E-state index >= 15 is 0 Å². The molecule has 0 aliphatic heterocycles. The number of aliphatic carboxylic acids is 1. The zero-order chi connectivity index (χ0) is 19.4. The molecule has 1 aliphatic carbocycles. The largest absolute Gasteiger partial charge is 0.480 e. The predicted octanol–water partition coefficient (Wildman–Crippen LogP) is 2.77. The van der Waals surface area contributed by atoms with Crippen molar-refractivity contribution in [1.82, 2.24) is 10.3 Å². The summed E-state index contributed by atoms with van der Waals surface area (Å²) in [7, 11) is 0. The Morgan fingerprint density at radius 1 is 1.07 bits per heavy atom. The number of carboxylic acid groups (broad SMARTS) is 1. The number of anilines is 1. The van der Waals surface area contributed by atoms with Crippen LogP contribution in [0.15, 0.2) is 48.8 Å². The maximum atomic E-state index is 12.4. The number of hydrogen-bond donors (Lipinski definition) is 3. The summed E-state index contributed by atoms with van der Waals surface area (Å²) >= 11 is 0. The van der Waals surface area contributed by atoms with Gasteiger partial charge in [0.15, 0.2) is 0 Å². The summed E-state index contributed by atoms with van der Waals surface area (Å²) < 4.78 is 0. The van der Waals surface area contributed by atoms with Crippen LogP contribution in [0, 0.1) is 5.41 Å². The second-order valence-electron chi connectivity index (χ2n) is 6.75. The Morgan fingerprint density at radius 2 is 1.70 bits per heavy atom. The smallest absolute Gasteiger partial charge is 0.319 e. The Bertz CT molecular complexity index is 845. The number of carbonyl (C=O) groups excluding carboxylic acids is 2. The van der Waals surface area contributed by atoms with Crippen LogP contribution in [-0.4, -0.2) is 27.9 Å². The molecular weight excluding hydrogens is 346 g/mol. The topological polar surface area (TPSA) is 108 Å². The van der Waals surface area contributed by atoms with Gasteiger partial charge in [0.2, 0.25) is 5.91 Å². The second kappa shape index (κ2) is 7.57. The maximum Gasteiger partial charge on any atom is 0.319 e. The van der Waals surface area contributed by atoms with Gasteiger partial charge >= 0.3 is 5.97 Å². The number of aromatic nitrogens is 1. The van der Waals surface area contributed by atoms with Crippen LogP contribution in [-0.2, 0) is 9.59 Å². The minimum absolute atomic E-state index is 0.236. The second-order valence-corrected chi connectivity index (χ2v) is 6.75. The van der Waals surface area contributed by atoms with Crippen molar-refractivity contribution in [3.8, 4) is 0 Å².